The molecule has 0 radical (unpaired) electrons. The summed E-state index contributed by atoms with van der Waals surface area (Å²) < 4.78 is 0. The van der Waals surface area contributed by atoms with Gasteiger partial charge in [0.2, 0.25) is 11.8 Å². The van der Waals surface area contributed by atoms with E-state index in [1.165, 1.54) is 0 Å². The van der Waals surface area contributed by atoms with Crippen molar-refractivity contribution >= 4 is 11.8 Å². The number of likely N-dealkylation sites (tertiary alicyclic amines) is 1. The van der Waals surface area contributed by atoms with Gasteiger partial charge in [0.15, 0.2) is 0 Å². The van der Waals surface area contributed by atoms with Gasteiger partial charge in [-0.2, -0.15) is 0 Å². The highest BCUT2D eigenvalue weighted by Crippen LogP contribution is 2.20. The Kier molecular flexibility index (Phi) is 7.33. The van der Waals surface area contributed by atoms with Crippen molar-refractivity contribution in [1.82, 2.24) is 10.2 Å². The van der Waals surface area contributed by atoms with Crippen LogP contribution in [0.15, 0.2) is 0 Å². The van der Waals surface area contributed by atoms with Crippen LogP contribution in [0.1, 0.15) is 66.2 Å². The normalized spacial score (nSPS) is 17.7. The molecule has 0 aromatic carbocycles. The molecule has 0 saturated carbocycles. The second-order valence-electron chi connectivity index (χ2n) is 6.84. The number of piperidine rings is 1. The second-order valence-corrected chi connectivity index (χ2v) is 6.84. The van der Waals surface area contributed by atoms with E-state index in [0.717, 1.165) is 12.8 Å². The quantitative estimate of drug-likeness (QED) is 0.721. The zero-order valence-electron chi connectivity index (χ0n) is 14.5. The van der Waals surface area contributed by atoms with Gasteiger partial charge >= 0.3 is 0 Å². The minimum Gasteiger partial charge on any atom is -0.388 e. The van der Waals surface area contributed by atoms with E-state index in [9.17, 15) is 14.7 Å². The Labute approximate surface area is 134 Å². The summed E-state index contributed by atoms with van der Waals surface area (Å²) in [5.74, 6) is 0.277. The molecule has 0 aromatic rings. The van der Waals surface area contributed by atoms with Crippen molar-refractivity contribution < 1.29 is 14.7 Å². The highest BCUT2D eigenvalue weighted by atomic mass is 16.3. The number of carbonyl (C=O) groups excluding carboxylic acids is 2. The maximum atomic E-state index is 12.6. The lowest BCUT2D eigenvalue weighted by Crippen LogP contribution is -2.54. The van der Waals surface area contributed by atoms with Gasteiger partial charge in [-0.3, -0.25) is 9.59 Å². The van der Waals surface area contributed by atoms with Crippen LogP contribution < -0.4 is 5.32 Å². The molecule has 5 heteroatoms. The maximum absolute atomic E-state index is 12.6. The smallest absolute Gasteiger partial charge is 0.242 e. The van der Waals surface area contributed by atoms with Crippen LogP contribution in [0.4, 0.5) is 0 Å². The van der Waals surface area contributed by atoms with Crippen LogP contribution in [0.3, 0.4) is 0 Å². The van der Waals surface area contributed by atoms with E-state index in [1.807, 2.05) is 13.8 Å². The van der Waals surface area contributed by atoms with Crippen molar-refractivity contribution in [3.05, 3.63) is 0 Å². The van der Waals surface area contributed by atoms with E-state index in [4.69, 9.17) is 0 Å². The topological polar surface area (TPSA) is 69.6 Å². The Morgan fingerprint density at radius 2 is 1.95 bits per heavy atom. The van der Waals surface area contributed by atoms with Gasteiger partial charge in [-0.05, 0) is 38.0 Å². The van der Waals surface area contributed by atoms with Gasteiger partial charge in [-0.15, -0.1) is 0 Å². The van der Waals surface area contributed by atoms with E-state index < -0.39 is 11.6 Å². The van der Waals surface area contributed by atoms with E-state index in [-0.39, 0.29) is 18.4 Å². The fourth-order valence-corrected chi connectivity index (χ4v) is 2.85. The fourth-order valence-electron chi connectivity index (χ4n) is 2.85. The number of nitrogens with one attached hydrogen (secondary N) is 1. The number of hydrogen-bond acceptors (Lipinski definition) is 3. The van der Waals surface area contributed by atoms with E-state index >= 15 is 0 Å². The van der Waals surface area contributed by atoms with E-state index in [1.54, 1.807) is 4.90 Å². The summed E-state index contributed by atoms with van der Waals surface area (Å²) in [6, 6.07) is -0.411. The first-order valence-corrected chi connectivity index (χ1v) is 8.62. The molecule has 2 amide bonds. The molecule has 0 aromatic heterocycles. The third-order valence-electron chi connectivity index (χ3n) is 4.64. The summed E-state index contributed by atoms with van der Waals surface area (Å²) in [6.45, 7) is 8.85. The van der Waals surface area contributed by atoms with Crippen molar-refractivity contribution in [2.45, 2.75) is 77.9 Å². The predicted molar refractivity (Wildman–Crippen MR) is 87.3 cm³/mol. The molecule has 1 rings (SSSR count). The first-order chi connectivity index (χ1) is 10.3. The number of hydrogen-bond donors (Lipinski definition) is 2. The fraction of sp³-hybridized carbons (Fsp3) is 0.882. The third-order valence-corrected chi connectivity index (χ3v) is 4.64. The largest absolute Gasteiger partial charge is 0.388 e. The van der Waals surface area contributed by atoms with Gasteiger partial charge in [0.1, 0.15) is 6.04 Å². The molecule has 1 heterocycles. The minimum atomic E-state index is -0.857. The van der Waals surface area contributed by atoms with Crippen LogP contribution in [0, 0.1) is 5.92 Å². The average Bonchev–Trinajstić information content (AvgIpc) is 2.50. The van der Waals surface area contributed by atoms with Crippen LogP contribution >= 0.6 is 0 Å². The van der Waals surface area contributed by atoms with Gasteiger partial charge in [-0.1, -0.05) is 27.7 Å². The molecule has 1 atom stereocenters. The van der Waals surface area contributed by atoms with Crippen molar-refractivity contribution in [2.24, 2.45) is 5.92 Å². The molecule has 0 aliphatic carbocycles. The lowest BCUT2D eigenvalue weighted by molar-refractivity contribution is -0.143. The van der Waals surface area contributed by atoms with Crippen molar-refractivity contribution in [3.8, 4) is 0 Å². The van der Waals surface area contributed by atoms with E-state index in [0.29, 0.717) is 38.1 Å². The van der Waals surface area contributed by atoms with Crippen LogP contribution in [0.25, 0.3) is 0 Å². The molecule has 5 nitrogen and oxygen atoms in total. The molecule has 22 heavy (non-hydrogen) atoms. The standard InChI is InChI=1S/C17H32N2O3/c1-5-17(22,6-2)12-18-16(21)14(11-13(3)4)19-10-8-7-9-15(19)20/h13-14,22H,5-12H2,1-4H3,(H,18,21). The Balaban J connectivity index is 2.74. The van der Waals surface area contributed by atoms with Crippen LogP contribution in [-0.2, 0) is 9.59 Å². The molecular weight excluding hydrogens is 280 g/mol. The predicted octanol–water partition coefficient (Wildman–Crippen LogP) is 2.08. The minimum absolute atomic E-state index is 0.0771. The van der Waals surface area contributed by atoms with E-state index in [2.05, 4.69) is 19.2 Å². The molecule has 0 bridgehead atoms. The van der Waals surface area contributed by atoms with Crippen LogP contribution in [-0.4, -0.2) is 46.6 Å². The molecule has 128 valence electrons. The SMILES string of the molecule is CCC(O)(CC)CNC(=O)C(CC(C)C)N1CCCCC1=O. The zero-order chi connectivity index (χ0) is 16.8. The molecule has 1 fully saturated rings. The highest BCUT2D eigenvalue weighted by Gasteiger charge is 2.33. The third kappa shape index (κ3) is 5.27. The molecule has 1 aliphatic heterocycles. The van der Waals surface area contributed by atoms with Crippen molar-refractivity contribution in [2.75, 3.05) is 13.1 Å². The number of nitrogens with zero attached hydrogens (tertiary/aromatic N) is 1. The Morgan fingerprint density at radius 1 is 1.32 bits per heavy atom. The van der Waals surface area contributed by atoms with Crippen molar-refractivity contribution in [3.63, 3.8) is 0 Å². The van der Waals surface area contributed by atoms with Crippen molar-refractivity contribution in [1.29, 1.82) is 0 Å². The summed E-state index contributed by atoms with van der Waals surface area (Å²) in [7, 11) is 0. The zero-order valence-corrected chi connectivity index (χ0v) is 14.5. The number of carbonyl (C=O) groups is 2. The Hall–Kier alpha value is -1.10. The summed E-state index contributed by atoms with van der Waals surface area (Å²) in [5.41, 5.74) is -0.857. The Bertz CT molecular complexity index is 378. The molecule has 2 N–H and O–H groups in total. The van der Waals surface area contributed by atoms with Gasteiger partial charge in [0.05, 0.1) is 5.60 Å². The lowest BCUT2D eigenvalue weighted by atomic mass is 9.96. The summed E-state index contributed by atoms with van der Waals surface area (Å²) >= 11 is 0. The maximum Gasteiger partial charge on any atom is 0.242 e. The van der Waals surface area contributed by atoms with Gasteiger partial charge in [0, 0.05) is 19.5 Å². The van der Waals surface area contributed by atoms with Crippen LogP contribution in [0.5, 0.6) is 0 Å². The number of amides is 2. The molecular formula is C17H32N2O3. The second kappa shape index (κ2) is 8.51. The first-order valence-electron chi connectivity index (χ1n) is 8.62. The molecule has 1 aliphatic rings. The Morgan fingerprint density at radius 3 is 2.45 bits per heavy atom. The first kappa shape index (κ1) is 18.9. The molecule has 0 spiro atoms. The number of rotatable bonds is 8. The highest BCUT2D eigenvalue weighted by molar-refractivity contribution is 5.88. The lowest BCUT2D eigenvalue weighted by Gasteiger charge is -2.35. The van der Waals surface area contributed by atoms with Gasteiger partial charge < -0.3 is 15.3 Å². The molecule has 1 saturated heterocycles. The van der Waals surface area contributed by atoms with Gasteiger partial charge in [0.25, 0.3) is 0 Å². The molecule has 1 unspecified atom stereocenters. The number of aliphatic hydroxyl groups is 1. The summed E-state index contributed by atoms with van der Waals surface area (Å²) in [6.07, 6.45) is 4.27. The summed E-state index contributed by atoms with van der Waals surface area (Å²) in [4.78, 5) is 26.4. The average molecular weight is 312 g/mol. The van der Waals surface area contributed by atoms with Gasteiger partial charge in [-0.25, -0.2) is 0 Å². The van der Waals surface area contributed by atoms with Crippen LogP contribution in [0.2, 0.25) is 0 Å². The monoisotopic (exact) mass is 312 g/mol. The summed E-state index contributed by atoms with van der Waals surface area (Å²) in [5, 5.41) is 13.2.